The Morgan fingerprint density at radius 1 is 1.16 bits per heavy atom. The third-order valence-corrected chi connectivity index (χ3v) is 6.10. The quantitative estimate of drug-likeness (QED) is 0.549. The molecule has 9 heteroatoms. The Kier molecular flexibility index (Phi) is 6.15. The van der Waals surface area contributed by atoms with Crippen molar-refractivity contribution in [2.75, 3.05) is 12.4 Å². The van der Waals surface area contributed by atoms with Crippen LogP contribution < -0.4 is 10.1 Å². The Morgan fingerprint density at radius 3 is 2.65 bits per heavy atom. The highest BCUT2D eigenvalue weighted by molar-refractivity contribution is 8.18. The van der Waals surface area contributed by atoms with Gasteiger partial charge in [0.2, 0.25) is 0 Å². The minimum atomic E-state index is -0.355. The maximum atomic E-state index is 12.8. The molecule has 0 aliphatic carbocycles. The van der Waals surface area contributed by atoms with E-state index in [0.29, 0.717) is 21.3 Å². The fraction of sp³-hybridized carbons (Fsp3) is 0.0909. The highest BCUT2D eigenvalue weighted by Gasteiger charge is 2.35. The molecule has 3 amide bonds. The molecule has 7 nitrogen and oxygen atoms in total. The Hall–Kier alpha value is -3.43. The Balaban J connectivity index is 1.45. The number of imide groups is 1. The number of rotatable bonds is 6. The molecule has 2 aromatic carbocycles. The van der Waals surface area contributed by atoms with Gasteiger partial charge in [0, 0.05) is 22.7 Å². The van der Waals surface area contributed by atoms with Crippen LogP contribution in [0.1, 0.15) is 21.5 Å². The minimum absolute atomic E-state index is 0.127. The first-order valence-electron chi connectivity index (χ1n) is 9.23. The zero-order valence-electron chi connectivity index (χ0n) is 16.4. The summed E-state index contributed by atoms with van der Waals surface area (Å²) in [6.07, 6.45) is 3.28. The zero-order valence-corrected chi connectivity index (χ0v) is 18.0. The highest BCUT2D eigenvalue weighted by Crippen LogP contribution is 2.34. The number of hydrogen-bond donors (Lipinski definition) is 1. The number of methoxy groups -OCH3 is 1. The average Bonchev–Trinajstić information content (AvgIpc) is 3.38. The normalized spacial score (nSPS) is 14.9. The van der Waals surface area contributed by atoms with Crippen LogP contribution in [0.3, 0.4) is 0 Å². The van der Waals surface area contributed by atoms with Gasteiger partial charge in [-0.25, -0.2) is 4.98 Å². The van der Waals surface area contributed by atoms with Crippen LogP contribution in [0, 0.1) is 0 Å². The van der Waals surface area contributed by atoms with E-state index >= 15 is 0 Å². The van der Waals surface area contributed by atoms with Crippen LogP contribution in [0.25, 0.3) is 6.08 Å². The van der Waals surface area contributed by atoms with E-state index in [9.17, 15) is 14.4 Å². The lowest BCUT2D eigenvalue weighted by molar-refractivity contribution is -0.123. The van der Waals surface area contributed by atoms with Crippen molar-refractivity contribution in [1.29, 1.82) is 0 Å². The fourth-order valence-corrected chi connectivity index (χ4v) is 4.31. The number of ether oxygens (including phenoxy) is 1. The van der Waals surface area contributed by atoms with Crippen LogP contribution >= 0.6 is 23.1 Å². The number of thiazole rings is 1. The number of carbonyl (C=O) groups excluding carboxylic acids is 3. The molecule has 31 heavy (non-hydrogen) atoms. The topological polar surface area (TPSA) is 88.6 Å². The van der Waals surface area contributed by atoms with Gasteiger partial charge in [0.25, 0.3) is 17.1 Å². The summed E-state index contributed by atoms with van der Waals surface area (Å²) in [6, 6.07) is 14.1. The van der Waals surface area contributed by atoms with E-state index in [-0.39, 0.29) is 23.6 Å². The molecule has 1 aliphatic rings. The predicted octanol–water partition coefficient (Wildman–Crippen LogP) is 4.64. The van der Waals surface area contributed by atoms with Gasteiger partial charge in [0.1, 0.15) is 5.75 Å². The first kappa shape index (κ1) is 20.8. The molecule has 0 radical (unpaired) electrons. The molecule has 0 atom stereocenters. The lowest BCUT2D eigenvalue weighted by atomic mass is 10.1. The van der Waals surface area contributed by atoms with E-state index in [0.717, 1.165) is 22.9 Å². The molecule has 0 bridgehead atoms. The number of aromatic nitrogens is 1. The second-order valence-corrected chi connectivity index (χ2v) is 8.39. The van der Waals surface area contributed by atoms with Gasteiger partial charge >= 0.3 is 0 Å². The van der Waals surface area contributed by atoms with Gasteiger partial charge in [-0.1, -0.05) is 30.3 Å². The number of nitrogens with one attached hydrogen (secondary N) is 1. The van der Waals surface area contributed by atoms with Gasteiger partial charge in [-0.15, -0.1) is 11.3 Å². The molecule has 156 valence electrons. The molecular formula is C22H17N3O4S2. The van der Waals surface area contributed by atoms with Crippen molar-refractivity contribution in [2.24, 2.45) is 0 Å². The zero-order chi connectivity index (χ0) is 21.8. The van der Waals surface area contributed by atoms with E-state index in [1.165, 1.54) is 16.2 Å². The van der Waals surface area contributed by atoms with Crippen LogP contribution in [-0.4, -0.2) is 34.0 Å². The number of para-hydroxylation sites is 1. The van der Waals surface area contributed by atoms with Crippen molar-refractivity contribution in [3.05, 3.63) is 81.7 Å². The smallest absolute Gasteiger partial charge is 0.293 e. The van der Waals surface area contributed by atoms with Crippen molar-refractivity contribution in [3.63, 3.8) is 0 Å². The summed E-state index contributed by atoms with van der Waals surface area (Å²) < 4.78 is 5.30. The van der Waals surface area contributed by atoms with Crippen LogP contribution in [0.15, 0.2) is 65.0 Å². The average molecular weight is 452 g/mol. The van der Waals surface area contributed by atoms with Crippen LogP contribution in [0.5, 0.6) is 5.75 Å². The lowest BCUT2D eigenvalue weighted by Gasteiger charge is -2.13. The van der Waals surface area contributed by atoms with E-state index in [2.05, 4.69) is 10.3 Å². The third-order valence-electron chi connectivity index (χ3n) is 4.51. The molecule has 0 saturated carbocycles. The number of benzene rings is 2. The molecule has 1 fully saturated rings. The Morgan fingerprint density at radius 2 is 1.94 bits per heavy atom. The highest BCUT2D eigenvalue weighted by atomic mass is 32.2. The maximum Gasteiger partial charge on any atom is 0.293 e. The second-order valence-electron chi connectivity index (χ2n) is 6.50. The number of hydrogen-bond acceptors (Lipinski definition) is 7. The fourth-order valence-electron chi connectivity index (χ4n) is 2.96. The summed E-state index contributed by atoms with van der Waals surface area (Å²) in [5.41, 5.74) is 1.93. The minimum Gasteiger partial charge on any atom is -0.496 e. The molecule has 1 saturated heterocycles. The standard InChI is InChI=1S/C22H17N3O4S2/c1-29-17-5-3-2-4-16(17)12-18-20(27)25(22(28)31-18)13-14-6-8-15(9-7-14)19(26)24-21-23-10-11-30-21/h2-12H,13H2,1H3,(H,23,24,26)/b18-12-. The van der Waals surface area contributed by atoms with Crippen LogP contribution in [0.2, 0.25) is 0 Å². The van der Waals surface area contributed by atoms with Crippen molar-refractivity contribution in [2.45, 2.75) is 6.54 Å². The maximum absolute atomic E-state index is 12.8. The number of carbonyl (C=O) groups is 3. The molecule has 1 aliphatic heterocycles. The number of nitrogens with zero attached hydrogens (tertiary/aromatic N) is 2. The summed E-state index contributed by atoms with van der Waals surface area (Å²) in [5.74, 6) is -0.000169. The van der Waals surface area contributed by atoms with E-state index in [1.54, 1.807) is 55.1 Å². The van der Waals surface area contributed by atoms with Gasteiger partial charge in [-0.2, -0.15) is 0 Å². The van der Waals surface area contributed by atoms with Gasteiger partial charge in [-0.3, -0.25) is 24.6 Å². The lowest BCUT2D eigenvalue weighted by Crippen LogP contribution is -2.27. The predicted molar refractivity (Wildman–Crippen MR) is 121 cm³/mol. The van der Waals surface area contributed by atoms with Gasteiger partial charge < -0.3 is 4.74 Å². The van der Waals surface area contributed by atoms with Crippen molar-refractivity contribution >= 4 is 51.4 Å². The summed E-state index contributed by atoms with van der Waals surface area (Å²) in [4.78, 5) is 43.0. The molecule has 1 aromatic heterocycles. The van der Waals surface area contributed by atoms with Crippen molar-refractivity contribution in [3.8, 4) is 5.75 Å². The van der Waals surface area contributed by atoms with Crippen molar-refractivity contribution in [1.82, 2.24) is 9.88 Å². The van der Waals surface area contributed by atoms with Crippen LogP contribution in [0.4, 0.5) is 9.93 Å². The number of amides is 3. The number of thioether (sulfide) groups is 1. The first-order chi connectivity index (χ1) is 15.0. The van der Waals surface area contributed by atoms with Crippen LogP contribution in [-0.2, 0) is 11.3 Å². The summed E-state index contributed by atoms with van der Waals surface area (Å²) in [5, 5.41) is 4.67. The summed E-state index contributed by atoms with van der Waals surface area (Å²) >= 11 is 2.23. The van der Waals surface area contributed by atoms with E-state index in [4.69, 9.17) is 4.74 Å². The number of anilines is 1. The molecule has 4 rings (SSSR count). The molecule has 0 unspecified atom stereocenters. The van der Waals surface area contributed by atoms with E-state index in [1.807, 2.05) is 18.2 Å². The van der Waals surface area contributed by atoms with E-state index < -0.39 is 0 Å². The van der Waals surface area contributed by atoms with Gasteiger partial charge in [0.05, 0.1) is 18.6 Å². The Bertz CT molecular complexity index is 1160. The SMILES string of the molecule is COc1ccccc1/C=C1\SC(=O)N(Cc2ccc(C(=O)Nc3nccs3)cc2)C1=O. The van der Waals surface area contributed by atoms with Crippen molar-refractivity contribution < 1.29 is 19.1 Å². The molecule has 2 heterocycles. The Labute approximate surface area is 186 Å². The molecule has 0 spiro atoms. The third kappa shape index (κ3) is 4.68. The first-order valence-corrected chi connectivity index (χ1v) is 10.9. The summed E-state index contributed by atoms with van der Waals surface area (Å²) in [7, 11) is 1.55. The molecule has 1 N–H and O–H groups in total. The molecule has 3 aromatic rings. The second kappa shape index (κ2) is 9.15. The van der Waals surface area contributed by atoms with Gasteiger partial charge in [-0.05, 0) is 41.6 Å². The molecular weight excluding hydrogens is 434 g/mol. The largest absolute Gasteiger partial charge is 0.496 e. The van der Waals surface area contributed by atoms with Gasteiger partial charge in [0.15, 0.2) is 5.13 Å². The summed E-state index contributed by atoms with van der Waals surface area (Å²) in [6.45, 7) is 0.127. The monoisotopic (exact) mass is 451 g/mol.